The summed E-state index contributed by atoms with van der Waals surface area (Å²) in [6, 6.07) is 8.82. The molecule has 2 rings (SSSR count). The van der Waals surface area contributed by atoms with Crippen LogP contribution in [0.2, 0.25) is 5.02 Å². The lowest BCUT2D eigenvalue weighted by molar-refractivity contribution is 0.194. The highest BCUT2D eigenvalue weighted by Crippen LogP contribution is 2.33. The third-order valence-electron chi connectivity index (χ3n) is 2.35. The van der Waals surface area contributed by atoms with Crippen LogP contribution < -0.4 is 4.74 Å². The van der Waals surface area contributed by atoms with E-state index in [0.29, 0.717) is 22.2 Å². The molecule has 18 heavy (non-hydrogen) atoms. The molecule has 0 bridgehead atoms. The van der Waals surface area contributed by atoms with Crippen molar-refractivity contribution < 1.29 is 9.84 Å². The van der Waals surface area contributed by atoms with Crippen LogP contribution >= 0.6 is 27.5 Å². The van der Waals surface area contributed by atoms with Gasteiger partial charge in [0.25, 0.3) is 0 Å². The van der Waals surface area contributed by atoms with Crippen molar-refractivity contribution in [3.8, 4) is 11.6 Å². The van der Waals surface area contributed by atoms with Crippen molar-refractivity contribution in [2.75, 3.05) is 0 Å². The summed E-state index contributed by atoms with van der Waals surface area (Å²) in [5, 5.41) is 10.1. The maximum absolute atomic E-state index is 9.64. The highest BCUT2D eigenvalue weighted by atomic mass is 79.9. The van der Waals surface area contributed by atoms with E-state index in [-0.39, 0.29) is 0 Å². The summed E-state index contributed by atoms with van der Waals surface area (Å²) in [5.41, 5.74) is 0.622. The molecular weight excluding hydrogens is 318 g/mol. The minimum absolute atomic E-state index is 0.358. The van der Waals surface area contributed by atoms with Gasteiger partial charge in [0.15, 0.2) is 0 Å². The van der Waals surface area contributed by atoms with Crippen LogP contribution in [0.1, 0.15) is 18.6 Å². The zero-order valence-electron chi connectivity index (χ0n) is 9.60. The van der Waals surface area contributed by atoms with Gasteiger partial charge in [0.1, 0.15) is 5.75 Å². The van der Waals surface area contributed by atoms with Gasteiger partial charge in [0.2, 0.25) is 5.88 Å². The Hall–Kier alpha value is -1.10. The SMILES string of the molecule is CC(O)c1cccnc1Oc1ccc(Br)cc1Cl. The van der Waals surface area contributed by atoms with E-state index in [4.69, 9.17) is 16.3 Å². The van der Waals surface area contributed by atoms with E-state index < -0.39 is 6.10 Å². The molecule has 3 nitrogen and oxygen atoms in total. The van der Waals surface area contributed by atoms with Gasteiger partial charge in [-0.05, 0) is 37.3 Å². The molecule has 1 atom stereocenters. The molecule has 0 spiro atoms. The van der Waals surface area contributed by atoms with Crippen molar-refractivity contribution in [2.45, 2.75) is 13.0 Å². The van der Waals surface area contributed by atoms with Gasteiger partial charge in [-0.15, -0.1) is 0 Å². The molecule has 0 saturated carbocycles. The number of nitrogens with zero attached hydrogens (tertiary/aromatic N) is 1. The number of rotatable bonds is 3. The minimum Gasteiger partial charge on any atom is -0.437 e. The summed E-state index contributed by atoms with van der Waals surface area (Å²) in [4.78, 5) is 4.11. The molecule has 0 aliphatic heterocycles. The quantitative estimate of drug-likeness (QED) is 0.911. The number of ether oxygens (including phenoxy) is 1. The van der Waals surface area contributed by atoms with Crippen LogP contribution in [0, 0.1) is 0 Å². The maximum Gasteiger partial charge on any atom is 0.225 e. The number of pyridine rings is 1. The molecule has 0 saturated heterocycles. The Morgan fingerprint density at radius 1 is 1.39 bits per heavy atom. The number of aliphatic hydroxyl groups excluding tert-OH is 1. The number of hydrogen-bond acceptors (Lipinski definition) is 3. The highest BCUT2D eigenvalue weighted by molar-refractivity contribution is 9.10. The second kappa shape index (κ2) is 5.69. The van der Waals surface area contributed by atoms with Gasteiger partial charge in [-0.2, -0.15) is 0 Å². The predicted molar refractivity (Wildman–Crippen MR) is 74.1 cm³/mol. The second-order valence-corrected chi connectivity index (χ2v) is 5.07. The van der Waals surface area contributed by atoms with Crippen LogP contribution in [0.25, 0.3) is 0 Å². The van der Waals surface area contributed by atoms with Crippen molar-refractivity contribution in [1.29, 1.82) is 0 Å². The fourth-order valence-electron chi connectivity index (χ4n) is 1.47. The predicted octanol–water partition coefficient (Wildman–Crippen LogP) is 4.34. The second-order valence-electron chi connectivity index (χ2n) is 3.75. The topological polar surface area (TPSA) is 42.4 Å². The highest BCUT2D eigenvalue weighted by Gasteiger charge is 2.12. The fourth-order valence-corrected chi connectivity index (χ4v) is 2.18. The Balaban J connectivity index is 2.34. The summed E-state index contributed by atoms with van der Waals surface area (Å²) in [6.45, 7) is 1.66. The van der Waals surface area contributed by atoms with Gasteiger partial charge in [-0.3, -0.25) is 0 Å². The number of aliphatic hydroxyl groups is 1. The van der Waals surface area contributed by atoms with Crippen molar-refractivity contribution in [3.63, 3.8) is 0 Å². The Bertz CT molecular complexity index is 560. The van der Waals surface area contributed by atoms with E-state index in [0.717, 1.165) is 4.47 Å². The van der Waals surface area contributed by atoms with Crippen LogP contribution in [0.5, 0.6) is 11.6 Å². The Labute approximate surface area is 119 Å². The van der Waals surface area contributed by atoms with E-state index >= 15 is 0 Å². The number of halogens is 2. The third kappa shape index (κ3) is 3.02. The zero-order valence-corrected chi connectivity index (χ0v) is 11.9. The van der Waals surface area contributed by atoms with Crippen LogP contribution in [0.3, 0.4) is 0 Å². The molecule has 0 amide bonds. The Morgan fingerprint density at radius 3 is 2.83 bits per heavy atom. The zero-order chi connectivity index (χ0) is 13.1. The molecule has 1 aromatic heterocycles. The molecule has 0 fully saturated rings. The number of aromatic nitrogens is 1. The van der Waals surface area contributed by atoms with E-state index in [1.165, 1.54) is 0 Å². The van der Waals surface area contributed by atoms with Gasteiger partial charge in [-0.1, -0.05) is 27.5 Å². The summed E-state index contributed by atoms with van der Waals surface area (Å²) in [5.74, 6) is 0.859. The Morgan fingerprint density at radius 2 is 2.17 bits per heavy atom. The number of hydrogen-bond donors (Lipinski definition) is 1. The molecule has 0 aliphatic carbocycles. The lowest BCUT2D eigenvalue weighted by atomic mass is 10.2. The first-order valence-corrected chi connectivity index (χ1v) is 6.51. The summed E-state index contributed by atoms with van der Waals surface area (Å²) < 4.78 is 6.50. The summed E-state index contributed by atoms with van der Waals surface area (Å²) in [7, 11) is 0. The lowest BCUT2D eigenvalue weighted by Gasteiger charge is -2.12. The third-order valence-corrected chi connectivity index (χ3v) is 3.14. The Kier molecular flexibility index (Phi) is 4.22. The van der Waals surface area contributed by atoms with Gasteiger partial charge < -0.3 is 9.84 Å². The normalized spacial score (nSPS) is 12.2. The van der Waals surface area contributed by atoms with E-state index in [1.54, 1.807) is 37.4 Å². The molecule has 1 aromatic carbocycles. The van der Waals surface area contributed by atoms with Crippen LogP contribution in [-0.4, -0.2) is 10.1 Å². The molecular formula is C13H11BrClNO2. The maximum atomic E-state index is 9.64. The average molecular weight is 329 g/mol. The van der Waals surface area contributed by atoms with Gasteiger partial charge in [-0.25, -0.2) is 4.98 Å². The van der Waals surface area contributed by atoms with Crippen molar-refractivity contribution in [3.05, 3.63) is 51.6 Å². The fraction of sp³-hybridized carbons (Fsp3) is 0.154. The van der Waals surface area contributed by atoms with E-state index in [9.17, 15) is 5.11 Å². The van der Waals surface area contributed by atoms with Crippen molar-refractivity contribution in [2.24, 2.45) is 0 Å². The molecule has 1 heterocycles. The molecule has 5 heteroatoms. The first-order chi connectivity index (χ1) is 8.58. The summed E-state index contributed by atoms with van der Waals surface area (Å²) >= 11 is 9.39. The summed E-state index contributed by atoms with van der Waals surface area (Å²) in [6.07, 6.45) is 0.955. The molecule has 2 aromatic rings. The number of benzene rings is 1. The van der Waals surface area contributed by atoms with E-state index in [2.05, 4.69) is 20.9 Å². The van der Waals surface area contributed by atoms with Gasteiger partial charge in [0.05, 0.1) is 11.1 Å². The standard InChI is InChI=1S/C13H11BrClNO2/c1-8(17)10-3-2-6-16-13(10)18-12-5-4-9(14)7-11(12)15/h2-8,17H,1H3. The molecule has 1 unspecified atom stereocenters. The average Bonchev–Trinajstić information content (AvgIpc) is 2.33. The van der Waals surface area contributed by atoms with E-state index in [1.807, 2.05) is 6.07 Å². The van der Waals surface area contributed by atoms with Gasteiger partial charge >= 0.3 is 0 Å². The monoisotopic (exact) mass is 327 g/mol. The van der Waals surface area contributed by atoms with Crippen LogP contribution in [0.15, 0.2) is 41.0 Å². The molecule has 94 valence electrons. The first-order valence-electron chi connectivity index (χ1n) is 5.34. The smallest absolute Gasteiger partial charge is 0.225 e. The van der Waals surface area contributed by atoms with Crippen molar-refractivity contribution >= 4 is 27.5 Å². The molecule has 0 radical (unpaired) electrons. The minimum atomic E-state index is -0.650. The lowest BCUT2D eigenvalue weighted by Crippen LogP contribution is -1.98. The van der Waals surface area contributed by atoms with Crippen molar-refractivity contribution in [1.82, 2.24) is 4.98 Å². The molecule has 0 aliphatic rings. The first kappa shape index (κ1) is 13.3. The van der Waals surface area contributed by atoms with Crippen LogP contribution in [0.4, 0.5) is 0 Å². The molecule has 1 N–H and O–H groups in total. The van der Waals surface area contributed by atoms with Gasteiger partial charge in [0, 0.05) is 16.2 Å². The largest absolute Gasteiger partial charge is 0.437 e. The van der Waals surface area contributed by atoms with Crippen LogP contribution in [-0.2, 0) is 0 Å².